The number of piperazine rings is 1. The fourth-order valence-electron chi connectivity index (χ4n) is 4.23. The van der Waals surface area contributed by atoms with Crippen LogP contribution in [-0.2, 0) is 11.4 Å². The van der Waals surface area contributed by atoms with Gasteiger partial charge >= 0.3 is 5.97 Å². The van der Waals surface area contributed by atoms with Crippen molar-refractivity contribution in [2.45, 2.75) is 19.6 Å². The number of nitrogens with one attached hydrogen (secondary N) is 1. The van der Waals surface area contributed by atoms with Gasteiger partial charge in [-0.15, -0.1) is 0 Å². The van der Waals surface area contributed by atoms with Crippen molar-refractivity contribution in [1.82, 2.24) is 14.8 Å². The van der Waals surface area contributed by atoms with Gasteiger partial charge in [-0.1, -0.05) is 42.5 Å². The van der Waals surface area contributed by atoms with Crippen LogP contribution in [0.2, 0.25) is 0 Å². The molecule has 0 aliphatic carbocycles. The first-order chi connectivity index (χ1) is 15.0. The lowest BCUT2D eigenvalue weighted by Crippen LogP contribution is -2.49. The molecule has 3 aromatic rings. The zero-order valence-electron chi connectivity index (χ0n) is 17.9. The summed E-state index contributed by atoms with van der Waals surface area (Å²) >= 11 is 0. The summed E-state index contributed by atoms with van der Waals surface area (Å²) in [6.07, 6.45) is 1.82. The SMILES string of the molecule is C=C(C)CN1CCN([C@@H](C(=O)O)c2c[nH]c3cc(OCc4ccccc4)ccc23)CC1. The number of nitrogens with zero attached hydrogens (tertiary/aromatic N) is 2. The Morgan fingerprint density at radius 2 is 1.90 bits per heavy atom. The number of hydrogen-bond acceptors (Lipinski definition) is 4. The van der Waals surface area contributed by atoms with E-state index < -0.39 is 12.0 Å². The average molecular weight is 420 g/mol. The Labute approximate surface area is 182 Å². The van der Waals surface area contributed by atoms with Crippen molar-refractivity contribution in [3.63, 3.8) is 0 Å². The van der Waals surface area contributed by atoms with Crippen LogP contribution in [0.25, 0.3) is 10.9 Å². The molecular formula is C25H29N3O3. The number of aromatic amines is 1. The van der Waals surface area contributed by atoms with Crippen molar-refractivity contribution in [2.24, 2.45) is 0 Å². The smallest absolute Gasteiger partial charge is 0.325 e. The molecule has 0 unspecified atom stereocenters. The van der Waals surface area contributed by atoms with Crippen LogP contribution in [0, 0.1) is 0 Å². The van der Waals surface area contributed by atoms with Gasteiger partial charge in [0, 0.05) is 61.5 Å². The minimum atomic E-state index is -0.821. The maximum absolute atomic E-state index is 12.2. The number of H-pyrrole nitrogens is 1. The Kier molecular flexibility index (Phi) is 6.39. The van der Waals surface area contributed by atoms with Gasteiger partial charge in [-0.05, 0) is 24.6 Å². The monoisotopic (exact) mass is 419 g/mol. The molecule has 1 aromatic heterocycles. The second-order valence-corrected chi connectivity index (χ2v) is 8.24. The molecule has 0 saturated carbocycles. The number of hydrogen-bond donors (Lipinski definition) is 2. The lowest BCUT2D eigenvalue weighted by atomic mass is 10.0. The molecule has 1 atom stereocenters. The normalized spacial score (nSPS) is 16.3. The van der Waals surface area contributed by atoms with E-state index in [9.17, 15) is 9.90 Å². The van der Waals surface area contributed by atoms with Crippen LogP contribution in [0.15, 0.2) is 66.9 Å². The number of ether oxygens (including phenoxy) is 1. The van der Waals surface area contributed by atoms with Gasteiger partial charge in [0.15, 0.2) is 0 Å². The van der Waals surface area contributed by atoms with Crippen LogP contribution in [0.4, 0.5) is 0 Å². The molecule has 1 fully saturated rings. The van der Waals surface area contributed by atoms with E-state index in [1.165, 1.54) is 0 Å². The third-order valence-electron chi connectivity index (χ3n) is 5.73. The van der Waals surface area contributed by atoms with E-state index in [4.69, 9.17) is 4.74 Å². The minimum absolute atomic E-state index is 0.492. The number of benzene rings is 2. The first-order valence-corrected chi connectivity index (χ1v) is 10.6. The first-order valence-electron chi connectivity index (χ1n) is 10.6. The zero-order valence-corrected chi connectivity index (χ0v) is 17.9. The van der Waals surface area contributed by atoms with Crippen molar-refractivity contribution >= 4 is 16.9 Å². The highest BCUT2D eigenvalue weighted by Gasteiger charge is 2.32. The van der Waals surface area contributed by atoms with Gasteiger partial charge in [-0.2, -0.15) is 0 Å². The van der Waals surface area contributed by atoms with Crippen molar-refractivity contribution in [3.05, 3.63) is 78.0 Å². The molecule has 31 heavy (non-hydrogen) atoms. The van der Waals surface area contributed by atoms with E-state index in [-0.39, 0.29) is 0 Å². The standard InChI is InChI=1S/C25H29N3O3/c1-18(2)16-27-10-12-28(13-11-27)24(25(29)30)22-15-26-23-14-20(8-9-21(22)23)31-17-19-6-4-3-5-7-19/h3-9,14-15,24,26H,1,10-13,16-17H2,2H3,(H,29,30)/t24-/m1/s1. The van der Waals surface area contributed by atoms with E-state index in [0.29, 0.717) is 6.61 Å². The number of carboxylic acid groups (broad SMARTS) is 1. The average Bonchev–Trinajstić information content (AvgIpc) is 3.17. The first kappa shape index (κ1) is 21.2. The van der Waals surface area contributed by atoms with Gasteiger partial charge in [-0.3, -0.25) is 14.6 Å². The molecule has 162 valence electrons. The van der Waals surface area contributed by atoms with Crippen LogP contribution in [0.3, 0.4) is 0 Å². The third kappa shape index (κ3) is 4.98. The lowest BCUT2D eigenvalue weighted by molar-refractivity contribution is -0.144. The maximum Gasteiger partial charge on any atom is 0.325 e. The van der Waals surface area contributed by atoms with Gasteiger partial charge in [0.25, 0.3) is 0 Å². The topological polar surface area (TPSA) is 68.8 Å². The third-order valence-corrected chi connectivity index (χ3v) is 5.73. The number of aliphatic carboxylic acids is 1. The van der Waals surface area contributed by atoms with Crippen LogP contribution >= 0.6 is 0 Å². The Hall–Kier alpha value is -3.09. The van der Waals surface area contributed by atoms with Crippen molar-refractivity contribution < 1.29 is 14.6 Å². The molecule has 2 N–H and O–H groups in total. The van der Waals surface area contributed by atoms with Crippen molar-refractivity contribution in [2.75, 3.05) is 32.7 Å². The van der Waals surface area contributed by atoms with Gasteiger partial charge in [-0.25, -0.2) is 0 Å². The zero-order chi connectivity index (χ0) is 21.8. The second-order valence-electron chi connectivity index (χ2n) is 8.24. The van der Waals surface area contributed by atoms with Crippen LogP contribution < -0.4 is 4.74 Å². The summed E-state index contributed by atoms with van der Waals surface area (Å²) in [5.41, 5.74) is 3.91. The predicted molar refractivity (Wildman–Crippen MR) is 122 cm³/mol. The summed E-state index contributed by atoms with van der Waals surface area (Å²) in [6.45, 7) is 10.5. The number of carbonyl (C=O) groups is 1. The van der Waals surface area contributed by atoms with E-state index in [1.54, 1.807) is 0 Å². The molecule has 0 amide bonds. The quantitative estimate of drug-likeness (QED) is 0.539. The Morgan fingerprint density at radius 1 is 1.16 bits per heavy atom. The lowest BCUT2D eigenvalue weighted by Gasteiger charge is -2.37. The molecular weight excluding hydrogens is 390 g/mol. The fourth-order valence-corrected chi connectivity index (χ4v) is 4.23. The minimum Gasteiger partial charge on any atom is -0.489 e. The number of carboxylic acids is 1. The molecule has 0 radical (unpaired) electrons. The molecule has 6 nitrogen and oxygen atoms in total. The highest BCUT2D eigenvalue weighted by Crippen LogP contribution is 2.31. The summed E-state index contributed by atoms with van der Waals surface area (Å²) in [5, 5.41) is 10.9. The van der Waals surface area contributed by atoms with Crippen LogP contribution in [-0.4, -0.2) is 58.6 Å². The largest absolute Gasteiger partial charge is 0.489 e. The van der Waals surface area contributed by atoms with Crippen LogP contribution in [0.5, 0.6) is 5.75 Å². The van der Waals surface area contributed by atoms with Crippen molar-refractivity contribution in [3.8, 4) is 5.75 Å². The number of fused-ring (bicyclic) bond motifs is 1. The Bertz CT molecular complexity index is 1050. The molecule has 1 aliphatic rings. The van der Waals surface area contributed by atoms with Crippen LogP contribution in [0.1, 0.15) is 24.1 Å². The summed E-state index contributed by atoms with van der Waals surface area (Å²) in [4.78, 5) is 19.8. The number of rotatable bonds is 8. The summed E-state index contributed by atoms with van der Waals surface area (Å²) in [5.74, 6) is -0.0660. The highest BCUT2D eigenvalue weighted by atomic mass is 16.5. The maximum atomic E-state index is 12.2. The van der Waals surface area contributed by atoms with Gasteiger partial charge in [0.2, 0.25) is 0 Å². The van der Waals surface area contributed by atoms with E-state index in [2.05, 4.69) is 21.4 Å². The Morgan fingerprint density at radius 3 is 2.58 bits per heavy atom. The highest BCUT2D eigenvalue weighted by molar-refractivity contribution is 5.90. The van der Waals surface area contributed by atoms with Crippen molar-refractivity contribution in [1.29, 1.82) is 0 Å². The second kappa shape index (κ2) is 9.37. The summed E-state index contributed by atoms with van der Waals surface area (Å²) in [7, 11) is 0. The molecule has 2 heterocycles. The molecule has 6 heteroatoms. The fraction of sp³-hybridized carbons (Fsp3) is 0.320. The van der Waals surface area contributed by atoms with E-state index in [0.717, 1.165) is 66.1 Å². The molecule has 4 rings (SSSR count). The molecule has 2 aromatic carbocycles. The molecule has 0 spiro atoms. The van der Waals surface area contributed by atoms with Gasteiger partial charge < -0.3 is 14.8 Å². The van der Waals surface area contributed by atoms with E-state index in [1.807, 2.05) is 61.7 Å². The molecule has 1 saturated heterocycles. The predicted octanol–water partition coefficient (Wildman–Crippen LogP) is 4.07. The Balaban J connectivity index is 1.49. The van der Waals surface area contributed by atoms with Gasteiger partial charge in [0.1, 0.15) is 18.4 Å². The molecule has 1 aliphatic heterocycles. The molecule has 0 bridgehead atoms. The van der Waals surface area contributed by atoms with Gasteiger partial charge in [0.05, 0.1) is 0 Å². The summed E-state index contributed by atoms with van der Waals surface area (Å²) < 4.78 is 5.92. The van der Waals surface area contributed by atoms with E-state index >= 15 is 0 Å². The number of aromatic nitrogens is 1. The summed E-state index contributed by atoms with van der Waals surface area (Å²) in [6, 6.07) is 15.1.